The molecule has 3 aromatic rings. The van der Waals surface area contributed by atoms with Crippen LogP contribution in [0.15, 0.2) is 53.2 Å². The minimum absolute atomic E-state index is 0.00763. The van der Waals surface area contributed by atoms with Crippen LogP contribution in [0.5, 0.6) is 11.5 Å². The number of ether oxygens (including phenoxy) is 1. The van der Waals surface area contributed by atoms with E-state index in [0.717, 1.165) is 5.75 Å². The zero-order chi connectivity index (χ0) is 14.5. The summed E-state index contributed by atoms with van der Waals surface area (Å²) in [5.41, 5.74) is 0.278. The van der Waals surface area contributed by atoms with Gasteiger partial charge in [-0.3, -0.25) is 0 Å². The summed E-state index contributed by atoms with van der Waals surface area (Å²) in [4.78, 5) is 8.20. The first-order valence-corrected chi connectivity index (χ1v) is 6.48. The summed E-state index contributed by atoms with van der Waals surface area (Å²) in [6.07, 6.45) is 2.06. The lowest BCUT2D eigenvalue weighted by molar-refractivity contribution is 0.315. The lowest BCUT2D eigenvalue weighted by Crippen LogP contribution is -2.02. The van der Waals surface area contributed by atoms with E-state index in [1.807, 2.05) is 30.3 Å². The maximum absolute atomic E-state index is 9.68. The van der Waals surface area contributed by atoms with E-state index >= 15 is 0 Å². The number of aromatic nitrogens is 3. The summed E-state index contributed by atoms with van der Waals surface area (Å²) in [7, 11) is 0. The van der Waals surface area contributed by atoms with Crippen LogP contribution in [0.1, 0.15) is 5.82 Å². The molecular weight excluding hydrogens is 270 g/mol. The van der Waals surface area contributed by atoms with Crippen LogP contribution in [0.25, 0.3) is 11.6 Å². The molecular formula is C15H13N3O3. The van der Waals surface area contributed by atoms with Gasteiger partial charge in [0.1, 0.15) is 11.5 Å². The molecule has 0 unspecified atom stereocenters. The van der Waals surface area contributed by atoms with Crippen molar-refractivity contribution in [1.29, 1.82) is 0 Å². The summed E-state index contributed by atoms with van der Waals surface area (Å²) in [5.74, 6) is 1.51. The van der Waals surface area contributed by atoms with Gasteiger partial charge < -0.3 is 14.4 Å². The van der Waals surface area contributed by atoms with E-state index < -0.39 is 0 Å². The third-order valence-electron chi connectivity index (χ3n) is 2.79. The van der Waals surface area contributed by atoms with Crippen molar-refractivity contribution in [2.24, 2.45) is 0 Å². The predicted octanol–water partition coefficient (Wildman–Crippen LogP) is 2.46. The largest absolute Gasteiger partial charge is 0.505 e. The molecule has 0 radical (unpaired) electrons. The maximum Gasteiger partial charge on any atom is 0.280 e. The van der Waals surface area contributed by atoms with Gasteiger partial charge in [0.05, 0.1) is 6.61 Å². The van der Waals surface area contributed by atoms with Gasteiger partial charge in [-0.1, -0.05) is 23.4 Å². The number of aromatic hydroxyl groups is 1. The van der Waals surface area contributed by atoms with Crippen molar-refractivity contribution < 1.29 is 14.4 Å². The molecule has 6 heteroatoms. The molecule has 3 rings (SSSR count). The Bertz CT molecular complexity index is 713. The summed E-state index contributed by atoms with van der Waals surface area (Å²) in [5, 5.41) is 13.5. The summed E-state index contributed by atoms with van der Waals surface area (Å²) >= 11 is 0. The molecule has 0 spiro atoms. The fraction of sp³-hybridized carbons (Fsp3) is 0.133. The highest BCUT2D eigenvalue weighted by Crippen LogP contribution is 2.24. The number of nitrogens with zero attached hydrogens (tertiary/aromatic N) is 3. The normalized spacial score (nSPS) is 10.5. The molecule has 0 aliphatic heterocycles. The highest BCUT2D eigenvalue weighted by atomic mass is 16.5. The van der Waals surface area contributed by atoms with E-state index in [2.05, 4.69) is 15.1 Å². The smallest absolute Gasteiger partial charge is 0.280 e. The number of rotatable bonds is 5. The Morgan fingerprint density at radius 2 is 1.95 bits per heavy atom. The van der Waals surface area contributed by atoms with Crippen LogP contribution in [-0.2, 0) is 6.42 Å². The second kappa shape index (κ2) is 6.04. The first-order chi connectivity index (χ1) is 10.3. The van der Waals surface area contributed by atoms with E-state index in [1.165, 1.54) is 6.07 Å². The minimum Gasteiger partial charge on any atom is -0.505 e. The number of para-hydroxylation sites is 1. The molecule has 21 heavy (non-hydrogen) atoms. The van der Waals surface area contributed by atoms with Gasteiger partial charge in [0.15, 0.2) is 11.5 Å². The molecule has 0 amide bonds. The van der Waals surface area contributed by atoms with Gasteiger partial charge in [0.2, 0.25) is 0 Å². The number of hydrogen-bond acceptors (Lipinski definition) is 6. The number of hydrogen-bond donors (Lipinski definition) is 1. The van der Waals surface area contributed by atoms with Crippen molar-refractivity contribution in [3.05, 3.63) is 54.5 Å². The Hall–Kier alpha value is -2.89. The van der Waals surface area contributed by atoms with E-state index in [4.69, 9.17) is 9.26 Å². The van der Waals surface area contributed by atoms with Crippen LogP contribution < -0.4 is 4.74 Å². The number of benzene rings is 1. The standard InChI is InChI=1S/C15H13N3O3/c19-12-7-4-9-16-14(12)15-17-13(18-21-15)8-10-20-11-5-2-1-3-6-11/h1-7,9,19H,8,10H2. The highest BCUT2D eigenvalue weighted by Gasteiger charge is 2.13. The number of pyridine rings is 1. The van der Waals surface area contributed by atoms with E-state index in [0.29, 0.717) is 18.9 Å². The second-order valence-electron chi connectivity index (χ2n) is 4.30. The average molecular weight is 283 g/mol. The van der Waals surface area contributed by atoms with Crippen LogP contribution in [-0.4, -0.2) is 26.8 Å². The Morgan fingerprint density at radius 3 is 2.76 bits per heavy atom. The predicted molar refractivity (Wildman–Crippen MR) is 74.8 cm³/mol. The molecule has 1 aromatic carbocycles. The van der Waals surface area contributed by atoms with Crippen molar-refractivity contribution in [3.8, 4) is 23.1 Å². The monoisotopic (exact) mass is 283 g/mol. The highest BCUT2D eigenvalue weighted by molar-refractivity contribution is 5.55. The van der Waals surface area contributed by atoms with Gasteiger partial charge in [-0.15, -0.1) is 0 Å². The van der Waals surface area contributed by atoms with Crippen molar-refractivity contribution in [1.82, 2.24) is 15.1 Å². The van der Waals surface area contributed by atoms with Crippen LogP contribution in [0.2, 0.25) is 0 Å². The molecule has 0 aliphatic rings. The third kappa shape index (κ3) is 3.17. The fourth-order valence-corrected chi connectivity index (χ4v) is 1.79. The van der Waals surface area contributed by atoms with E-state index in [-0.39, 0.29) is 17.3 Å². The van der Waals surface area contributed by atoms with Gasteiger partial charge in [-0.05, 0) is 24.3 Å². The van der Waals surface area contributed by atoms with Crippen LogP contribution >= 0.6 is 0 Å². The Labute approximate surface area is 121 Å². The van der Waals surface area contributed by atoms with Crippen LogP contribution in [0.3, 0.4) is 0 Å². The SMILES string of the molecule is Oc1cccnc1-c1nc(CCOc2ccccc2)no1. The molecule has 0 atom stereocenters. The molecule has 6 nitrogen and oxygen atoms in total. The zero-order valence-corrected chi connectivity index (χ0v) is 11.1. The Balaban J connectivity index is 1.62. The lowest BCUT2D eigenvalue weighted by Gasteiger charge is -2.02. The second-order valence-corrected chi connectivity index (χ2v) is 4.30. The molecule has 2 aromatic heterocycles. The molecule has 0 fully saturated rings. The summed E-state index contributed by atoms with van der Waals surface area (Å²) in [6.45, 7) is 0.442. The van der Waals surface area contributed by atoms with E-state index in [1.54, 1.807) is 12.3 Å². The Kier molecular flexibility index (Phi) is 3.77. The molecule has 106 valence electrons. The van der Waals surface area contributed by atoms with Crippen molar-refractivity contribution in [2.45, 2.75) is 6.42 Å². The molecule has 2 heterocycles. The van der Waals surface area contributed by atoms with Crippen LogP contribution in [0, 0.1) is 0 Å². The van der Waals surface area contributed by atoms with Crippen molar-refractivity contribution in [2.75, 3.05) is 6.61 Å². The molecule has 0 saturated heterocycles. The first kappa shape index (κ1) is 13.1. The maximum atomic E-state index is 9.68. The van der Waals surface area contributed by atoms with Crippen LogP contribution in [0.4, 0.5) is 0 Å². The quantitative estimate of drug-likeness (QED) is 0.774. The zero-order valence-electron chi connectivity index (χ0n) is 11.1. The lowest BCUT2D eigenvalue weighted by atomic mass is 10.3. The summed E-state index contributed by atoms with van der Waals surface area (Å²) in [6, 6.07) is 12.7. The van der Waals surface area contributed by atoms with E-state index in [9.17, 15) is 5.11 Å². The molecule has 1 N–H and O–H groups in total. The van der Waals surface area contributed by atoms with Gasteiger partial charge in [-0.25, -0.2) is 4.98 Å². The van der Waals surface area contributed by atoms with Gasteiger partial charge >= 0.3 is 0 Å². The van der Waals surface area contributed by atoms with Crippen molar-refractivity contribution >= 4 is 0 Å². The minimum atomic E-state index is 0.00763. The van der Waals surface area contributed by atoms with Gasteiger partial charge in [0.25, 0.3) is 5.89 Å². The molecule has 0 saturated carbocycles. The average Bonchev–Trinajstić information content (AvgIpc) is 2.97. The van der Waals surface area contributed by atoms with Gasteiger partial charge in [0, 0.05) is 12.6 Å². The molecule has 0 aliphatic carbocycles. The molecule has 0 bridgehead atoms. The Morgan fingerprint density at radius 1 is 1.10 bits per heavy atom. The van der Waals surface area contributed by atoms with Crippen molar-refractivity contribution in [3.63, 3.8) is 0 Å². The third-order valence-corrected chi connectivity index (χ3v) is 2.79. The topological polar surface area (TPSA) is 81.3 Å². The summed E-state index contributed by atoms with van der Waals surface area (Å²) < 4.78 is 10.7. The first-order valence-electron chi connectivity index (χ1n) is 6.48. The fourth-order valence-electron chi connectivity index (χ4n) is 1.79. The van der Waals surface area contributed by atoms with Gasteiger partial charge in [-0.2, -0.15) is 4.98 Å².